The SMILES string of the molecule is O=P(O)(O)O[C@H]1[C@H](O)[C@@H](O)[C@H](OP(=O)(O)OP(=O)(O)O)[C@H](OP(=O)(O)OP(=O)(O)O)[C@@H]1OP(=O)(O)OP(=O)(O)O. The highest BCUT2D eigenvalue weighted by atomic mass is 31.3. The van der Waals surface area contributed by atoms with E-state index in [0.29, 0.717) is 0 Å². The van der Waals surface area contributed by atoms with Gasteiger partial charge in [0.25, 0.3) is 0 Å². The number of phosphoric acid groups is 7. The van der Waals surface area contributed by atoms with Crippen molar-refractivity contribution in [2.45, 2.75) is 36.6 Å². The maximum absolute atomic E-state index is 12.2. The van der Waals surface area contributed by atoms with Crippen molar-refractivity contribution in [2.24, 2.45) is 0 Å². The van der Waals surface area contributed by atoms with Crippen LogP contribution in [0.25, 0.3) is 0 Å². The molecule has 13 N–H and O–H groups in total. The summed E-state index contributed by atoms with van der Waals surface area (Å²) < 4.78 is 107. The van der Waals surface area contributed by atoms with Crippen LogP contribution in [0.5, 0.6) is 0 Å². The van der Waals surface area contributed by atoms with Crippen LogP contribution >= 0.6 is 54.8 Å². The average Bonchev–Trinajstić information content (AvgIpc) is 2.58. The third-order valence-corrected chi connectivity index (χ3v) is 10.7. The average molecular weight is 740 g/mol. The zero-order valence-corrected chi connectivity index (χ0v) is 24.4. The van der Waals surface area contributed by atoms with Crippen molar-refractivity contribution in [3.05, 3.63) is 0 Å². The van der Waals surface area contributed by atoms with E-state index in [1.807, 2.05) is 0 Å². The number of phosphoric ester groups is 4. The predicted molar refractivity (Wildman–Crippen MR) is 112 cm³/mol. The minimum absolute atomic E-state index is 3.03. The fraction of sp³-hybridized carbons (Fsp3) is 1.00. The second-order valence-corrected chi connectivity index (χ2v) is 16.4. The quantitative estimate of drug-likeness (QED) is 0.0788. The lowest BCUT2D eigenvalue weighted by molar-refractivity contribution is -0.208. The lowest BCUT2D eigenvalue weighted by Crippen LogP contribution is -2.65. The highest BCUT2D eigenvalue weighted by Crippen LogP contribution is 2.64. The van der Waals surface area contributed by atoms with E-state index in [4.69, 9.17) is 39.1 Å². The van der Waals surface area contributed by atoms with Crippen molar-refractivity contribution < 1.29 is 127 Å². The monoisotopic (exact) mass is 740 g/mol. The molecule has 1 aliphatic rings. The van der Waals surface area contributed by atoms with Crippen LogP contribution in [0, 0.1) is 0 Å². The summed E-state index contributed by atoms with van der Waals surface area (Å²) >= 11 is 0. The highest BCUT2D eigenvalue weighted by Gasteiger charge is 2.60. The topological polar surface area (TPSA) is 447 Å². The first-order valence-electron chi connectivity index (χ1n) is 8.76. The van der Waals surface area contributed by atoms with Crippen molar-refractivity contribution in [3.8, 4) is 0 Å². The van der Waals surface area contributed by atoms with E-state index < -0.39 is 91.4 Å². The second-order valence-electron chi connectivity index (χ2n) is 6.87. The van der Waals surface area contributed by atoms with Crippen molar-refractivity contribution >= 4 is 54.8 Å². The Hall–Kier alpha value is 0.810. The van der Waals surface area contributed by atoms with Crippen molar-refractivity contribution in [3.63, 3.8) is 0 Å². The van der Waals surface area contributed by atoms with Crippen LogP contribution in [0.2, 0.25) is 0 Å². The maximum Gasteiger partial charge on any atom is 0.481 e. The summed E-state index contributed by atoms with van der Waals surface area (Å²) in [5.41, 5.74) is 0. The Balaban J connectivity index is 3.84. The third-order valence-electron chi connectivity index (χ3n) is 3.65. The van der Waals surface area contributed by atoms with Gasteiger partial charge < -0.3 is 64.0 Å². The Kier molecular flexibility index (Phi) is 12.7. The molecule has 0 radical (unpaired) electrons. The summed E-state index contributed by atoms with van der Waals surface area (Å²) in [6.07, 6.45) is -19.0. The summed E-state index contributed by atoms with van der Waals surface area (Å²) in [6, 6.07) is 0. The number of rotatable bonds is 14. The molecule has 0 aromatic rings. The summed E-state index contributed by atoms with van der Waals surface area (Å²) in [4.78, 5) is 99.5. The Morgan fingerprint density at radius 3 is 0.800 bits per heavy atom. The van der Waals surface area contributed by atoms with E-state index in [1.165, 1.54) is 0 Å². The van der Waals surface area contributed by atoms with Gasteiger partial charge in [0.15, 0.2) is 0 Å². The third kappa shape index (κ3) is 14.1. The molecule has 0 saturated heterocycles. The van der Waals surface area contributed by atoms with E-state index in [1.54, 1.807) is 0 Å². The molecule has 27 nitrogen and oxygen atoms in total. The predicted octanol–water partition coefficient (Wildman–Crippen LogP) is -3.02. The smallest absolute Gasteiger partial charge is 0.387 e. The van der Waals surface area contributed by atoms with Gasteiger partial charge in [-0.05, 0) is 0 Å². The first kappa shape index (κ1) is 38.8. The van der Waals surface area contributed by atoms with E-state index in [2.05, 4.69) is 31.0 Å². The molecule has 9 atom stereocenters. The summed E-state index contributed by atoms with van der Waals surface area (Å²) in [7, 11) is -43.1. The molecule has 0 heterocycles. The number of aliphatic hydroxyl groups excluding tert-OH is 2. The molecule has 0 bridgehead atoms. The molecule has 0 aromatic heterocycles. The Morgan fingerprint density at radius 2 is 0.575 bits per heavy atom. The summed E-state index contributed by atoms with van der Waals surface area (Å²) in [5.74, 6) is 0. The van der Waals surface area contributed by atoms with Crippen LogP contribution in [0.1, 0.15) is 0 Å². The zero-order valence-electron chi connectivity index (χ0n) is 18.1. The van der Waals surface area contributed by atoms with Crippen LogP contribution in [-0.2, 0) is 63.0 Å². The molecular formula is C6H19O27P7. The highest BCUT2D eigenvalue weighted by molar-refractivity contribution is 7.61. The van der Waals surface area contributed by atoms with Crippen LogP contribution in [-0.4, -0.2) is 101 Å². The molecule has 0 aliphatic heterocycles. The first-order chi connectivity index (χ1) is 17.3. The van der Waals surface area contributed by atoms with Gasteiger partial charge in [-0.3, -0.25) is 18.1 Å². The fourth-order valence-electron chi connectivity index (χ4n) is 2.72. The van der Waals surface area contributed by atoms with E-state index in [0.717, 1.165) is 0 Å². The van der Waals surface area contributed by atoms with E-state index in [-0.39, 0.29) is 0 Å². The molecule has 1 fully saturated rings. The minimum atomic E-state index is -6.39. The molecule has 240 valence electrons. The van der Waals surface area contributed by atoms with E-state index >= 15 is 0 Å². The Labute approximate surface area is 219 Å². The molecular weight excluding hydrogens is 721 g/mol. The molecule has 1 rings (SSSR count). The minimum Gasteiger partial charge on any atom is -0.387 e. The molecule has 3 unspecified atom stereocenters. The Bertz CT molecular complexity index is 1230. The number of aliphatic hydroxyl groups is 2. The van der Waals surface area contributed by atoms with Crippen molar-refractivity contribution in [1.29, 1.82) is 0 Å². The molecule has 0 amide bonds. The van der Waals surface area contributed by atoms with Gasteiger partial charge in [-0.25, -0.2) is 32.0 Å². The molecule has 34 heteroatoms. The molecule has 0 aromatic carbocycles. The second kappa shape index (κ2) is 13.0. The van der Waals surface area contributed by atoms with Gasteiger partial charge in [0.05, 0.1) is 0 Å². The van der Waals surface area contributed by atoms with Crippen LogP contribution in [0.3, 0.4) is 0 Å². The normalized spacial score (nSPS) is 31.6. The van der Waals surface area contributed by atoms with Crippen molar-refractivity contribution in [2.75, 3.05) is 0 Å². The van der Waals surface area contributed by atoms with Crippen molar-refractivity contribution in [1.82, 2.24) is 0 Å². The van der Waals surface area contributed by atoms with Gasteiger partial charge in [0, 0.05) is 0 Å². The lowest BCUT2D eigenvalue weighted by Gasteiger charge is -2.46. The van der Waals surface area contributed by atoms with Crippen LogP contribution in [0.4, 0.5) is 0 Å². The fourth-order valence-corrected chi connectivity index (χ4v) is 8.61. The summed E-state index contributed by atoms with van der Waals surface area (Å²) in [6.45, 7) is 0. The molecule has 1 saturated carbocycles. The Morgan fingerprint density at radius 1 is 0.350 bits per heavy atom. The first-order valence-corrected chi connectivity index (χ1v) is 19.4. The zero-order chi connectivity index (χ0) is 31.9. The van der Waals surface area contributed by atoms with Crippen LogP contribution in [0.15, 0.2) is 0 Å². The van der Waals surface area contributed by atoms with Gasteiger partial charge in [0.1, 0.15) is 36.6 Å². The van der Waals surface area contributed by atoms with Gasteiger partial charge in [-0.1, -0.05) is 0 Å². The number of hydrogen-bond acceptors (Lipinski definition) is 16. The molecule has 0 spiro atoms. The van der Waals surface area contributed by atoms with E-state index in [9.17, 15) is 56.8 Å². The van der Waals surface area contributed by atoms with Gasteiger partial charge in [-0.15, -0.1) is 0 Å². The lowest BCUT2D eigenvalue weighted by atomic mass is 9.85. The maximum atomic E-state index is 12.2. The van der Waals surface area contributed by atoms with Gasteiger partial charge in [-0.2, -0.15) is 12.9 Å². The standard InChI is InChI=1S/C6H19O27P7/c7-1-2(8)4(28-38(21,22)31-35(12,13)14)6(30-40(25,26)33-37(18,19)20)5(3(1)27-34(9,10)11)29-39(23,24)32-36(15,16)17/h1-8H,(H,21,22)(H,23,24)(H,25,26)(H2,9,10,11)(H2,12,13,14)(H2,15,16,17)(H2,18,19,20)/t1-,2-,3+,4+,5-,6+/m1/s1. The number of hydrogen-bond donors (Lipinski definition) is 13. The largest absolute Gasteiger partial charge is 0.481 e. The van der Waals surface area contributed by atoms with Crippen LogP contribution < -0.4 is 0 Å². The molecule has 40 heavy (non-hydrogen) atoms. The summed E-state index contributed by atoms with van der Waals surface area (Å²) in [5, 5.41) is 20.5. The van der Waals surface area contributed by atoms with Gasteiger partial charge >= 0.3 is 54.8 Å². The van der Waals surface area contributed by atoms with Gasteiger partial charge in [0.2, 0.25) is 0 Å². The molecule has 1 aliphatic carbocycles.